The normalized spacial score (nSPS) is 20.4. The maximum Gasteiger partial charge on any atom is 0.148 e. The van der Waals surface area contributed by atoms with Crippen molar-refractivity contribution < 1.29 is 8.42 Å². The molecule has 1 rings (SSSR count). The molecule has 16 heavy (non-hydrogen) atoms. The van der Waals surface area contributed by atoms with Gasteiger partial charge in [0.15, 0.2) is 0 Å². The molecule has 0 aromatic carbocycles. The lowest BCUT2D eigenvalue weighted by molar-refractivity contribution is 0.434. The summed E-state index contributed by atoms with van der Waals surface area (Å²) in [5.41, 5.74) is 0.0377. The minimum absolute atomic E-state index is 0.0377. The molecule has 0 aromatic heterocycles. The molecule has 1 fully saturated rings. The van der Waals surface area contributed by atoms with Crippen LogP contribution in [0.5, 0.6) is 0 Å². The molecule has 1 unspecified atom stereocenters. The Balaban J connectivity index is 2.29. The highest BCUT2D eigenvalue weighted by Crippen LogP contribution is 2.46. The van der Waals surface area contributed by atoms with E-state index in [2.05, 4.69) is 18.8 Å². The van der Waals surface area contributed by atoms with Crippen molar-refractivity contribution in [3.63, 3.8) is 0 Å². The van der Waals surface area contributed by atoms with E-state index in [4.69, 9.17) is 0 Å². The highest BCUT2D eigenvalue weighted by molar-refractivity contribution is 7.90. The van der Waals surface area contributed by atoms with Crippen LogP contribution in [-0.4, -0.2) is 33.0 Å². The van der Waals surface area contributed by atoms with Crippen LogP contribution in [0, 0.1) is 5.41 Å². The third-order valence-corrected chi connectivity index (χ3v) is 4.29. The fourth-order valence-electron chi connectivity index (χ4n) is 1.97. The van der Waals surface area contributed by atoms with Crippen molar-refractivity contribution in [3.05, 3.63) is 12.7 Å². The lowest BCUT2D eigenvalue weighted by Crippen LogP contribution is -2.34. The summed E-state index contributed by atoms with van der Waals surface area (Å²) in [6.07, 6.45) is 7.41. The molecule has 0 aliphatic heterocycles. The van der Waals surface area contributed by atoms with Crippen molar-refractivity contribution in [2.45, 2.75) is 38.6 Å². The minimum atomic E-state index is -2.84. The molecule has 1 aliphatic carbocycles. The topological polar surface area (TPSA) is 46.2 Å². The summed E-state index contributed by atoms with van der Waals surface area (Å²) in [4.78, 5) is 0. The van der Waals surface area contributed by atoms with Crippen LogP contribution in [0.15, 0.2) is 12.7 Å². The molecular weight excluding hydrogens is 222 g/mol. The molecule has 0 spiro atoms. The second-order valence-corrected chi connectivity index (χ2v) is 7.36. The van der Waals surface area contributed by atoms with Crippen LogP contribution in [0.3, 0.4) is 0 Å². The fraction of sp³-hybridized carbons (Fsp3) is 0.833. The van der Waals surface area contributed by atoms with Crippen LogP contribution in [0.4, 0.5) is 0 Å². The number of allylic oxidation sites excluding steroid dienone is 1. The second-order valence-electron chi connectivity index (χ2n) is 5.22. The highest BCUT2D eigenvalue weighted by Gasteiger charge is 2.44. The van der Waals surface area contributed by atoms with Crippen LogP contribution >= 0.6 is 0 Å². The average Bonchev–Trinajstić information content (AvgIpc) is 2.89. The lowest BCUT2D eigenvalue weighted by Gasteiger charge is -2.19. The standard InChI is InChI=1S/C12H23NO2S/c1-4-5-6-11(2)13-9-12(7-8-12)10-16(3,14)15/h4,11,13H,1,5-10H2,2-3H3. The third-order valence-electron chi connectivity index (χ3n) is 3.15. The van der Waals surface area contributed by atoms with Gasteiger partial charge in [0, 0.05) is 18.8 Å². The van der Waals surface area contributed by atoms with Crippen LogP contribution in [-0.2, 0) is 9.84 Å². The summed E-state index contributed by atoms with van der Waals surface area (Å²) in [5.74, 6) is 0.335. The molecule has 1 N–H and O–H groups in total. The highest BCUT2D eigenvalue weighted by atomic mass is 32.2. The van der Waals surface area contributed by atoms with Gasteiger partial charge in [-0.15, -0.1) is 6.58 Å². The molecule has 1 aliphatic rings. The average molecular weight is 245 g/mol. The SMILES string of the molecule is C=CCCC(C)NCC1(CS(C)(=O)=O)CC1. The predicted octanol–water partition coefficient (Wildman–Crippen LogP) is 1.76. The Morgan fingerprint density at radius 2 is 2.12 bits per heavy atom. The zero-order chi connectivity index (χ0) is 12.2. The van der Waals surface area contributed by atoms with Crippen molar-refractivity contribution in [2.75, 3.05) is 18.6 Å². The number of rotatable bonds is 8. The van der Waals surface area contributed by atoms with E-state index < -0.39 is 9.84 Å². The summed E-state index contributed by atoms with van der Waals surface area (Å²) in [5, 5.41) is 3.43. The quantitative estimate of drug-likeness (QED) is 0.663. The number of sulfone groups is 1. The van der Waals surface area contributed by atoms with Gasteiger partial charge in [-0.1, -0.05) is 6.08 Å². The Bertz CT molecular complexity index is 331. The smallest absolute Gasteiger partial charge is 0.148 e. The summed E-state index contributed by atoms with van der Waals surface area (Å²) < 4.78 is 22.5. The fourth-order valence-corrected chi connectivity index (χ4v) is 3.47. The van der Waals surface area contributed by atoms with Crippen molar-refractivity contribution in [2.24, 2.45) is 5.41 Å². The molecule has 4 heteroatoms. The Morgan fingerprint density at radius 1 is 1.50 bits per heavy atom. The molecule has 3 nitrogen and oxygen atoms in total. The zero-order valence-corrected chi connectivity index (χ0v) is 11.1. The third kappa shape index (κ3) is 5.12. The van der Waals surface area contributed by atoms with Crippen molar-refractivity contribution in [3.8, 4) is 0 Å². The van der Waals surface area contributed by atoms with Crippen LogP contribution in [0.1, 0.15) is 32.6 Å². The lowest BCUT2D eigenvalue weighted by atomic mass is 10.1. The summed E-state index contributed by atoms with van der Waals surface area (Å²) >= 11 is 0. The Labute approximate surface area is 99.2 Å². The van der Waals surface area contributed by atoms with Gasteiger partial charge in [0.05, 0.1) is 5.75 Å². The summed E-state index contributed by atoms with van der Waals surface area (Å²) in [6.45, 7) is 6.67. The molecule has 94 valence electrons. The minimum Gasteiger partial charge on any atom is -0.314 e. The van der Waals surface area contributed by atoms with Gasteiger partial charge < -0.3 is 5.32 Å². The Morgan fingerprint density at radius 3 is 2.56 bits per heavy atom. The first-order valence-corrected chi connectivity index (χ1v) is 7.95. The van der Waals surface area contributed by atoms with E-state index >= 15 is 0 Å². The first kappa shape index (κ1) is 13.7. The summed E-state index contributed by atoms with van der Waals surface area (Å²) in [6, 6.07) is 0.440. The van der Waals surface area contributed by atoms with Gasteiger partial charge in [0.1, 0.15) is 9.84 Å². The van der Waals surface area contributed by atoms with Crippen molar-refractivity contribution in [1.29, 1.82) is 0 Å². The summed E-state index contributed by atoms with van der Waals surface area (Å²) in [7, 11) is -2.84. The van der Waals surface area contributed by atoms with Gasteiger partial charge in [0.2, 0.25) is 0 Å². The largest absolute Gasteiger partial charge is 0.314 e. The van der Waals surface area contributed by atoms with Crippen molar-refractivity contribution in [1.82, 2.24) is 5.32 Å². The molecule has 1 atom stereocenters. The molecule has 0 amide bonds. The van der Waals surface area contributed by atoms with E-state index in [0.717, 1.165) is 32.2 Å². The van der Waals surface area contributed by atoms with E-state index in [0.29, 0.717) is 11.8 Å². The van der Waals surface area contributed by atoms with Crippen LogP contribution < -0.4 is 5.32 Å². The molecule has 0 saturated heterocycles. The van der Waals surface area contributed by atoms with E-state index in [-0.39, 0.29) is 5.41 Å². The first-order chi connectivity index (χ1) is 7.37. The second kappa shape index (κ2) is 5.32. The van der Waals surface area contributed by atoms with Crippen LogP contribution in [0.2, 0.25) is 0 Å². The Hall–Kier alpha value is -0.350. The molecule has 0 aromatic rings. The number of hydrogen-bond donors (Lipinski definition) is 1. The molecular formula is C12H23NO2S. The number of hydrogen-bond acceptors (Lipinski definition) is 3. The van der Waals surface area contributed by atoms with E-state index in [1.165, 1.54) is 6.26 Å². The molecule has 0 radical (unpaired) electrons. The molecule has 1 saturated carbocycles. The van der Waals surface area contributed by atoms with Gasteiger partial charge in [0.25, 0.3) is 0 Å². The van der Waals surface area contributed by atoms with Gasteiger partial charge in [-0.2, -0.15) is 0 Å². The zero-order valence-electron chi connectivity index (χ0n) is 10.3. The van der Waals surface area contributed by atoms with Gasteiger partial charge in [-0.05, 0) is 38.0 Å². The van der Waals surface area contributed by atoms with Gasteiger partial charge in [-0.25, -0.2) is 8.42 Å². The maximum absolute atomic E-state index is 11.3. The number of nitrogens with one attached hydrogen (secondary N) is 1. The first-order valence-electron chi connectivity index (χ1n) is 5.89. The van der Waals surface area contributed by atoms with Crippen LogP contribution in [0.25, 0.3) is 0 Å². The van der Waals surface area contributed by atoms with Crippen molar-refractivity contribution >= 4 is 9.84 Å². The van der Waals surface area contributed by atoms with Gasteiger partial charge in [-0.3, -0.25) is 0 Å². The molecule has 0 heterocycles. The van der Waals surface area contributed by atoms with E-state index in [1.54, 1.807) is 0 Å². The van der Waals surface area contributed by atoms with E-state index in [9.17, 15) is 8.42 Å². The predicted molar refractivity (Wildman–Crippen MR) is 68.3 cm³/mol. The monoisotopic (exact) mass is 245 g/mol. The molecule has 0 bridgehead atoms. The Kier molecular flexibility index (Phi) is 4.56. The van der Waals surface area contributed by atoms with Gasteiger partial charge >= 0.3 is 0 Å². The maximum atomic E-state index is 11.3. The van der Waals surface area contributed by atoms with E-state index in [1.807, 2.05) is 6.08 Å².